The summed E-state index contributed by atoms with van der Waals surface area (Å²) in [6, 6.07) is 11.9. The van der Waals surface area contributed by atoms with E-state index in [0.29, 0.717) is 36.0 Å². The number of benzene rings is 1. The lowest BCUT2D eigenvalue weighted by atomic mass is 10.2. The molecule has 1 aromatic carbocycles. The van der Waals surface area contributed by atoms with Crippen molar-refractivity contribution >= 4 is 22.4 Å². The molecular formula is C22H23N3O5S. The molecule has 0 bridgehead atoms. The maximum atomic E-state index is 13.2. The molecule has 0 spiro atoms. The topological polar surface area (TPSA) is 99.6 Å². The van der Waals surface area contributed by atoms with Gasteiger partial charge in [-0.25, -0.2) is 4.98 Å². The molecule has 0 saturated heterocycles. The molecule has 0 aliphatic carbocycles. The van der Waals surface area contributed by atoms with Crippen LogP contribution in [0.2, 0.25) is 0 Å². The predicted molar refractivity (Wildman–Crippen MR) is 117 cm³/mol. The summed E-state index contributed by atoms with van der Waals surface area (Å²) in [5.74, 6) is 0.897. The van der Waals surface area contributed by atoms with Crippen LogP contribution >= 0.6 is 0 Å². The molecule has 0 aliphatic rings. The van der Waals surface area contributed by atoms with Gasteiger partial charge in [-0.2, -0.15) is 0 Å². The van der Waals surface area contributed by atoms with Crippen molar-refractivity contribution < 1.29 is 23.2 Å². The number of hydrogen-bond donors (Lipinski definition) is 1. The van der Waals surface area contributed by atoms with Crippen LogP contribution in [-0.2, 0) is 21.3 Å². The van der Waals surface area contributed by atoms with Crippen molar-refractivity contribution in [2.75, 3.05) is 32.8 Å². The third-order valence-corrected chi connectivity index (χ3v) is 5.61. The smallest absolute Gasteiger partial charge is 0.258 e. The number of pyridine rings is 2. The van der Waals surface area contributed by atoms with Crippen LogP contribution in [0.5, 0.6) is 11.5 Å². The van der Waals surface area contributed by atoms with Crippen LogP contribution in [0.3, 0.4) is 0 Å². The molecule has 1 amide bonds. The van der Waals surface area contributed by atoms with Gasteiger partial charge in [0.25, 0.3) is 5.91 Å². The molecular weight excluding hydrogens is 418 g/mol. The number of ether oxygens (including phenoxy) is 3. The molecule has 8 nitrogen and oxygen atoms in total. The van der Waals surface area contributed by atoms with E-state index < -0.39 is 16.7 Å². The van der Waals surface area contributed by atoms with E-state index in [1.54, 1.807) is 69.1 Å². The van der Waals surface area contributed by atoms with Crippen LogP contribution in [0.15, 0.2) is 66.1 Å². The summed E-state index contributed by atoms with van der Waals surface area (Å²) in [5.41, 5.74) is 1.54. The van der Waals surface area contributed by atoms with E-state index in [-0.39, 0.29) is 16.3 Å². The van der Waals surface area contributed by atoms with Crippen LogP contribution in [0.1, 0.15) is 15.9 Å². The number of hydrogen-bond acceptors (Lipinski definition) is 7. The van der Waals surface area contributed by atoms with Gasteiger partial charge in [-0.05, 0) is 30.3 Å². The molecule has 0 fully saturated rings. The van der Waals surface area contributed by atoms with Crippen molar-refractivity contribution in [3.63, 3.8) is 0 Å². The Hall–Kier alpha value is -3.30. The third-order valence-electron chi connectivity index (χ3n) is 4.28. The molecule has 1 atom stereocenters. The van der Waals surface area contributed by atoms with Crippen molar-refractivity contribution in [3.05, 3.63) is 72.2 Å². The number of rotatable bonds is 10. The molecule has 0 saturated carbocycles. The SMILES string of the molecule is COCCOc1cc(OC)ccc1CS(=O)c1ncccc1C(=O)Nc1ccncc1. The normalized spacial score (nSPS) is 11.5. The fourth-order valence-corrected chi connectivity index (χ4v) is 3.98. The Kier molecular flexibility index (Phi) is 8.08. The summed E-state index contributed by atoms with van der Waals surface area (Å²) in [7, 11) is 1.56. The Morgan fingerprint density at radius 2 is 1.87 bits per heavy atom. The number of nitrogens with zero attached hydrogens (tertiary/aromatic N) is 2. The van der Waals surface area contributed by atoms with Crippen LogP contribution in [0, 0.1) is 0 Å². The van der Waals surface area contributed by atoms with Crippen molar-refractivity contribution in [2.24, 2.45) is 0 Å². The molecule has 2 heterocycles. The number of carbonyl (C=O) groups excluding carboxylic acids is 1. The largest absolute Gasteiger partial charge is 0.497 e. The van der Waals surface area contributed by atoms with Gasteiger partial charge in [0.05, 0.1) is 35.8 Å². The van der Waals surface area contributed by atoms with E-state index >= 15 is 0 Å². The standard InChI is InChI=1S/C22H23N3O5S/c1-28-12-13-30-20-14-18(29-2)6-5-16(20)15-31(27)22-19(4-3-9-24-22)21(26)25-17-7-10-23-11-8-17/h3-11,14H,12-13,15H2,1-2H3,(H,23,25,26). The first-order valence-corrected chi connectivity index (χ1v) is 10.8. The second-order valence-corrected chi connectivity index (χ2v) is 7.72. The first kappa shape index (κ1) is 22.4. The maximum Gasteiger partial charge on any atom is 0.258 e. The lowest BCUT2D eigenvalue weighted by molar-refractivity contribution is 0.102. The zero-order chi connectivity index (χ0) is 22.1. The molecule has 3 aromatic rings. The van der Waals surface area contributed by atoms with Gasteiger partial charge in [-0.3, -0.25) is 14.0 Å². The minimum absolute atomic E-state index is 0.124. The average molecular weight is 442 g/mol. The zero-order valence-electron chi connectivity index (χ0n) is 17.2. The van der Waals surface area contributed by atoms with E-state index in [0.717, 1.165) is 0 Å². The molecule has 0 aliphatic heterocycles. The molecule has 1 N–H and O–H groups in total. The van der Waals surface area contributed by atoms with Gasteiger partial charge in [-0.1, -0.05) is 6.07 Å². The van der Waals surface area contributed by atoms with Crippen molar-refractivity contribution in [3.8, 4) is 11.5 Å². The van der Waals surface area contributed by atoms with Crippen LogP contribution in [-0.4, -0.2) is 47.5 Å². The fraction of sp³-hybridized carbons (Fsp3) is 0.227. The van der Waals surface area contributed by atoms with Gasteiger partial charge in [0.15, 0.2) is 0 Å². The zero-order valence-corrected chi connectivity index (χ0v) is 18.1. The number of methoxy groups -OCH3 is 2. The number of anilines is 1. The quantitative estimate of drug-likeness (QED) is 0.483. The number of nitrogens with one attached hydrogen (secondary N) is 1. The predicted octanol–water partition coefficient (Wildman–Crippen LogP) is 3.07. The van der Waals surface area contributed by atoms with E-state index in [1.807, 2.05) is 0 Å². The Balaban J connectivity index is 1.82. The van der Waals surface area contributed by atoms with Crippen LogP contribution in [0.25, 0.3) is 0 Å². The lowest BCUT2D eigenvalue weighted by Gasteiger charge is -2.14. The second-order valence-electron chi connectivity index (χ2n) is 6.35. The molecule has 9 heteroatoms. The first-order chi connectivity index (χ1) is 15.1. The maximum absolute atomic E-state index is 13.2. The number of aromatic nitrogens is 2. The molecule has 1 unspecified atom stereocenters. The summed E-state index contributed by atoms with van der Waals surface area (Å²) in [6.45, 7) is 0.756. The van der Waals surface area contributed by atoms with Gasteiger partial charge in [0.2, 0.25) is 0 Å². The van der Waals surface area contributed by atoms with E-state index in [9.17, 15) is 9.00 Å². The highest BCUT2D eigenvalue weighted by Crippen LogP contribution is 2.27. The second kappa shape index (κ2) is 11.2. The highest BCUT2D eigenvalue weighted by Gasteiger charge is 2.19. The minimum atomic E-state index is -1.59. The summed E-state index contributed by atoms with van der Waals surface area (Å²) in [4.78, 5) is 20.9. The molecule has 0 radical (unpaired) electrons. The van der Waals surface area contributed by atoms with Crippen molar-refractivity contribution in [1.82, 2.24) is 9.97 Å². The van der Waals surface area contributed by atoms with Gasteiger partial charge < -0.3 is 19.5 Å². The molecule has 162 valence electrons. The van der Waals surface area contributed by atoms with Gasteiger partial charge in [0, 0.05) is 43.0 Å². The minimum Gasteiger partial charge on any atom is -0.497 e. The van der Waals surface area contributed by atoms with Crippen LogP contribution in [0.4, 0.5) is 5.69 Å². The van der Waals surface area contributed by atoms with E-state index in [2.05, 4.69) is 15.3 Å². The molecule has 3 rings (SSSR count). The Bertz CT molecular complexity index is 1050. The van der Waals surface area contributed by atoms with Gasteiger partial charge in [0.1, 0.15) is 23.1 Å². The first-order valence-electron chi connectivity index (χ1n) is 9.45. The molecule has 31 heavy (non-hydrogen) atoms. The monoisotopic (exact) mass is 441 g/mol. The van der Waals surface area contributed by atoms with Gasteiger partial charge in [-0.15, -0.1) is 0 Å². The average Bonchev–Trinajstić information content (AvgIpc) is 2.80. The van der Waals surface area contributed by atoms with E-state index in [4.69, 9.17) is 14.2 Å². The fourth-order valence-electron chi connectivity index (χ4n) is 2.74. The lowest BCUT2D eigenvalue weighted by Crippen LogP contribution is -2.16. The van der Waals surface area contributed by atoms with Gasteiger partial charge >= 0.3 is 0 Å². The Labute approximate surface area is 183 Å². The number of amides is 1. The summed E-state index contributed by atoms with van der Waals surface area (Å²) >= 11 is 0. The summed E-state index contributed by atoms with van der Waals surface area (Å²) < 4.78 is 29.2. The highest BCUT2D eigenvalue weighted by molar-refractivity contribution is 7.84. The third kappa shape index (κ3) is 6.09. The van der Waals surface area contributed by atoms with Crippen molar-refractivity contribution in [1.29, 1.82) is 0 Å². The Morgan fingerprint density at radius 1 is 1.06 bits per heavy atom. The number of carbonyl (C=O) groups is 1. The highest BCUT2D eigenvalue weighted by atomic mass is 32.2. The van der Waals surface area contributed by atoms with Crippen molar-refractivity contribution in [2.45, 2.75) is 10.8 Å². The molecule has 2 aromatic heterocycles. The summed E-state index contributed by atoms with van der Waals surface area (Å²) in [5, 5.41) is 2.97. The Morgan fingerprint density at radius 3 is 2.61 bits per heavy atom. The summed E-state index contributed by atoms with van der Waals surface area (Å²) in [6.07, 6.45) is 4.67. The van der Waals surface area contributed by atoms with E-state index in [1.165, 1.54) is 6.20 Å². The van der Waals surface area contributed by atoms with Crippen LogP contribution < -0.4 is 14.8 Å².